The maximum Gasteiger partial charge on any atom is 0.344 e. The van der Waals surface area contributed by atoms with E-state index in [1.165, 1.54) is 6.55 Å². The van der Waals surface area contributed by atoms with Crippen LogP contribution in [0.15, 0.2) is 0 Å². The van der Waals surface area contributed by atoms with Crippen LogP contribution >= 0.6 is 11.6 Å². The van der Waals surface area contributed by atoms with Crippen LogP contribution in [-0.2, 0) is 9.59 Å². The van der Waals surface area contributed by atoms with Gasteiger partial charge in [-0.25, -0.2) is 0 Å². The first-order valence-electron chi connectivity index (χ1n) is 3.42. The summed E-state index contributed by atoms with van der Waals surface area (Å²) >= 11 is 5.04. The summed E-state index contributed by atoms with van der Waals surface area (Å²) in [5.74, 6) is -1.67. The summed E-state index contributed by atoms with van der Waals surface area (Å²) in [6.45, 7) is 3.53. The van der Waals surface area contributed by atoms with Crippen LogP contribution in [0, 0.1) is 0 Å². The minimum Gasteiger partial charge on any atom is -0.481 e. The summed E-state index contributed by atoms with van der Waals surface area (Å²) in [7, 11) is -2.87. The lowest BCUT2D eigenvalue weighted by molar-refractivity contribution is -0.135. The Hall–Kier alpha value is -0.633. The predicted octanol–water partition coefficient (Wildman–Crippen LogP) is 0.00280. The molecule has 0 amide bonds. The fourth-order valence-electron chi connectivity index (χ4n) is 0. The molecule has 14 heavy (non-hydrogen) atoms. The molecule has 0 radical (unpaired) electrons. The van der Waals surface area contributed by atoms with Crippen LogP contribution in [0.5, 0.6) is 0 Å². The van der Waals surface area contributed by atoms with Crippen molar-refractivity contribution in [1.29, 1.82) is 0 Å². The predicted molar refractivity (Wildman–Crippen MR) is 53.4 cm³/mol. The fourth-order valence-corrected chi connectivity index (χ4v) is 0. The van der Waals surface area contributed by atoms with E-state index in [1.54, 1.807) is 0 Å². The molecule has 0 fully saturated rings. The first-order chi connectivity index (χ1) is 6.02. The lowest BCUT2D eigenvalue weighted by Crippen LogP contribution is -2.32. The van der Waals surface area contributed by atoms with Gasteiger partial charge in [0.2, 0.25) is 0 Å². The molecule has 0 rings (SSSR count). The molecule has 0 aliphatic heterocycles. The van der Waals surface area contributed by atoms with Gasteiger partial charge in [0, 0.05) is 13.8 Å². The van der Waals surface area contributed by atoms with Gasteiger partial charge in [0.05, 0.1) is 5.50 Å². The Morgan fingerprint density at radius 2 is 1.21 bits per heavy atom. The summed E-state index contributed by atoms with van der Waals surface area (Å²) in [6.07, 6.45) is 0. The largest absolute Gasteiger partial charge is 0.481 e. The molecule has 0 aromatic heterocycles. The van der Waals surface area contributed by atoms with E-state index in [0.717, 1.165) is 13.8 Å². The zero-order valence-electron chi connectivity index (χ0n) is 8.19. The van der Waals surface area contributed by atoms with Crippen molar-refractivity contribution in [2.75, 3.05) is 5.50 Å². The van der Waals surface area contributed by atoms with Gasteiger partial charge in [-0.05, 0) is 6.55 Å². The van der Waals surface area contributed by atoms with Crippen LogP contribution in [0.2, 0.25) is 6.55 Å². The van der Waals surface area contributed by atoms with Crippen molar-refractivity contribution < 1.29 is 29.4 Å². The van der Waals surface area contributed by atoms with Gasteiger partial charge in [0.25, 0.3) is 11.9 Å². The molecule has 0 saturated heterocycles. The monoisotopic (exact) mass is 246 g/mol. The number of rotatable bonds is 1. The van der Waals surface area contributed by atoms with E-state index in [9.17, 15) is 0 Å². The number of hydrogen-bond acceptors (Lipinski definition) is 4. The third-order valence-electron chi connectivity index (χ3n) is 0.253. The smallest absolute Gasteiger partial charge is 0.344 e. The molecule has 6 nitrogen and oxygen atoms in total. The Morgan fingerprint density at radius 3 is 1.21 bits per heavy atom. The molecule has 0 bridgehead atoms. The van der Waals surface area contributed by atoms with E-state index in [0.29, 0.717) is 0 Å². The second kappa shape index (κ2) is 10.4. The summed E-state index contributed by atoms with van der Waals surface area (Å²) < 4.78 is 0. The van der Waals surface area contributed by atoms with Crippen LogP contribution in [0.4, 0.5) is 0 Å². The highest BCUT2D eigenvalue weighted by atomic mass is 35.5. The Kier molecular flexibility index (Phi) is 14.2. The topological polar surface area (TPSA) is 115 Å². The van der Waals surface area contributed by atoms with Crippen molar-refractivity contribution in [1.82, 2.24) is 0 Å². The molecular weight excluding hydrogens is 232 g/mol. The number of halogens is 1. The van der Waals surface area contributed by atoms with E-state index >= 15 is 0 Å². The van der Waals surface area contributed by atoms with E-state index in [2.05, 4.69) is 0 Å². The number of carboxylic acids is 2. The highest BCUT2D eigenvalue weighted by molar-refractivity contribution is 6.71. The van der Waals surface area contributed by atoms with Gasteiger partial charge < -0.3 is 19.8 Å². The molecule has 8 heteroatoms. The molecule has 0 aliphatic rings. The van der Waals surface area contributed by atoms with Crippen LogP contribution in [0.25, 0.3) is 0 Å². The summed E-state index contributed by atoms with van der Waals surface area (Å²) in [5, 5.41) is 14.8. The maximum atomic E-state index is 9.00. The van der Waals surface area contributed by atoms with Crippen LogP contribution < -0.4 is 0 Å². The standard InChI is InChI=1S/C2H7ClO2Si.2C2H4O2/c1-6(4,5)2-3;2*1-2(3)4/h4-5H,2H2,1H3;2*1H3,(H,3,4). The van der Waals surface area contributed by atoms with Crippen molar-refractivity contribution >= 4 is 32.1 Å². The number of aliphatic carboxylic acids is 2. The Morgan fingerprint density at radius 1 is 1.14 bits per heavy atom. The number of alkyl halides is 1. The van der Waals surface area contributed by atoms with Crippen molar-refractivity contribution in [2.24, 2.45) is 0 Å². The first-order valence-corrected chi connectivity index (χ1v) is 6.56. The van der Waals surface area contributed by atoms with Gasteiger partial charge in [0.15, 0.2) is 0 Å². The average molecular weight is 247 g/mol. The molecule has 0 unspecified atom stereocenters. The van der Waals surface area contributed by atoms with Crippen molar-refractivity contribution in [3.8, 4) is 0 Å². The van der Waals surface area contributed by atoms with Crippen LogP contribution in [0.1, 0.15) is 13.8 Å². The molecule has 0 atom stereocenters. The molecule has 86 valence electrons. The SMILES string of the molecule is CC(=O)O.CC(=O)O.C[Si](O)(O)CCl. The van der Waals surface area contributed by atoms with Gasteiger partial charge >= 0.3 is 8.56 Å². The Bertz CT molecular complexity index is 146. The third kappa shape index (κ3) is 218. The fraction of sp³-hybridized carbons (Fsp3) is 0.667. The Balaban J connectivity index is -0.000000135. The highest BCUT2D eigenvalue weighted by Gasteiger charge is 2.17. The van der Waals surface area contributed by atoms with Crippen molar-refractivity contribution in [3.63, 3.8) is 0 Å². The molecule has 0 spiro atoms. The summed E-state index contributed by atoms with van der Waals surface area (Å²) in [6, 6.07) is 0. The Labute approximate surface area is 88.0 Å². The van der Waals surface area contributed by atoms with E-state index < -0.39 is 20.5 Å². The first kappa shape index (κ1) is 19.0. The molecule has 0 heterocycles. The van der Waals surface area contributed by atoms with Gasteiger partial charge in [-0.3, -0.25) is 9.59 Å². The van der Waals surface area contributed by atoms with Crippen LogP contribution in [0.3, 0.4) is 0 Å². The zero-order chi connectivity index (χ0) is 12.4. The summed E-state index contributed by atoms with van der Waals surface area (Å²) in [4.78, 5) is 34.8. The molecule has 0 aromatic rings. The second-order valence-corrected chi connectivity index (χ2v) is 5.89. The number of carbonyl (C=O) groups is 2. The molecular formula is C6H15ClO6Si. The normalized spacial score (nSPS) is 8.71. The minimum absolute atomic E-state index is 0.00694. The van der Waals surface area contributed by atoms with Crippen molar-refractivity contribution in [3.05, 3.63) is 0 Å². The maximum absolute atomic E-state index is 9.00. The molecule has 0 aromatic carbocycles. The number of hydrogen-bond donors (Lipinski definition) is 4. The highest BCUT2D eigenvalue weighted by Crippen LogP contribution is 1.91. The van der Waals surface area contributed by atoms with E-state index in [1.807, 2.05) is 0 Å². The van der Waals surface area contributed by atoms with Gasteiger partial charge in [-0.1, -0.05) is 0 Å². The quantitative estimate of drug-likeness (QED) is 0.383. The third-order valence-corrected chi connectivity index (χ3v) is 2.28. The van der Waals surface area contributed by atoms with E-state index in [4.69, 9.17) is 41.0 Å². The zero-order valence-corrected chi connectivity index (χ0v) is 9.95. The molecule has 0 saturated carbocycles. The van der Waals surface area contributed by atoms with Crippen molar-refractivity contribution in [2.45, 2.75) is 20.4 Å². The molecule has 4 N–H and O–H groups in total. The minimum atomic E-state index is -2.87. The molecule has 0 aliphatic carbocycles. The number of carboxylic acid groups (broad SMARTS) is 2. The lowest BCUT2D eigenvalue weighted by Gasteiger charge is -2.03. The average Bonchev–Trinajstić information content (AvgIpc) is 1.83. The van der Waals surface area contributed by atoms with Crippen LogP contribution in [-0.4, -0.2) is 45.8 Å². The lowest BCUT2D eigenvalue weighted by atomic mass is 10.9. The van der Waals surface area contributed by atoms with E-state index in [-0.39, 0.29) is 5.50 Å². The van der Waals surface area contributed by atoms with Gasteiger partial charge in [0.1, 0.15) is 0 Å². The second-order valence-electron chi connectivity index (χ2n) is 2.39. The van der Waals surface area contributed by atoms with Gasteiger partial charge in [-0.15, -0.1) is 11.6 Å². The van der Waals surface area contributed by atoms with Gasteiger partial charge in [-0.2, -0.15) is 0 Å². The summed E-state index contributed by atoms with van der Waals surface area (Å²) in [5.41, 5.74) is -0.00694.